The summed E-state index contributed by atoms with van der Waals surface area (Å²) in [5.74, 6) is 0.752. The third-order valence-electron chi connectivity index (χ3n) is 2.82. The zero-order valence-electron chi connectivity index (χ0n) is 10.2. The molecule has 1 aliphatic rings. The van der Waals surface area contributed by atoms with Gasteiger partial charge in [-0.05, 0) is 41.3 Å². The van der Waals surface area contributed by atoms with Gasteiger partial charge in [-0.25, -0.2) is 0 Å². The zero-order valence-corrected chi connectivity index (χ0v) is 11.0. The predicted molar refractivity (Wildman–Crippen MR) is 79.5 cm³/mol. The van der Waals surface area contributed by atoms with Gasteiger partial charge in [0.2, 0.25) is 5.91 Å². The number of fused-ring (bicyclic) bond motifs is 1. The van der Waals surface area contributed by atoms with E-state index in [1.165, 1.54) is 0 Å². The van der Waals surface area contributed by atoms with Crippen LogP contribution in [-0.4, -0.2) is 5.91 Å². The molecule has 96 valence electrons. The molecule has 0 saturated heterocycles. The summed E-state index contributed by atoms with van der Waals surface area (Å²) in [5, 5.41) is 12.2. The molecule has 0 saturated carbocycles. The van der Waals surface area contributed by atoms with Crippen LogP contribution in [0.4, 0.5) is 16.4 Å². The van der Waals surface area contributed by atoms with Gasteiger partial charge in [-0.1, -0.05) is 6.58 Å². The summed E-state index contributed by atoms with van der Waals surface area (Å²) in [4.78, 5) is 11.3. The molecule has 19 heavy (non-hydrogen) atoms. The van der Waals surface area contributed by atoms with Crippen LogP contribution < -0.4 is 16.0 Å². The van der Waals surface area contributed by atoms with E-state index in [1.54, 1.807) is 11.3 Å². The van der Waals surface area contributed by atoms with Gasteiger partial charge in [0.15, 0.2) is 0 Å². The lowest BCUT2D eigenvalue weighted by Gasteiger charge is -2.11. The number of rotatable bonds is 4. The van der Waals surface area contributed by atoms with Crippen molar-refractivity contribution >= 4 is 33.6 Å². The van der Waals surface area contributed by atoms with Crippen LogP contribution >= 0.6 is 11.3 Å². The van der Waals surface area contributed by atoms with Gasteiger partial charge in [-0.15, -0.1) is 11.3 Å². The fraction of sp³-hybridized carbons (Fsp3) is 0.0714. The standard InChI is InChI=1S/C14H13N3OS/c1-9(16-14-3-2-6-19-14)15-11-4-5-12-10(7-11)8-13(18)17-12/h2-7,15-16H,1,8H2,(H,17,18). The molecule has 0 atom stereocenters. The van der Waals surface area contributed by atoms with E-state index < -0.39 is 0 Å². The first-order valence-electron chi connectivity index (χ1n) is 5.90. The summed E-state index contributed by atoms with van der Waals surface area (Å²) in [5.41, 5.74) is 2.83. The van der Waals surface area contributed by atoms with Gasteiger partial charge < -0.3 is 16.0 Å². The maximum Gasteiger partial charge on any atom is 0.228 e. The van der Waals surface area contributed by atoms with Crippen molar-refractivity contribution in [3.05, 3.63) is 53.7 Å². The SMILES string of the molecule is C=C(Nc1ccc2c(c1)CC(=O)N2)Nc1cccs1. The first-order valence-corrected chi connectivity index (χ1v) is 6.78. The number of hydrogen-bond donors (Lipinski definition) is 3. The van der Waals surface area contributed by atoms with E-state index in [1.807, 2.05) is 35.7 Å². The second-order valence-corrected chi connectivity index (χ2v) is 5.25. The van der Waals surface area contributed by atoms with Crippen molar-refractivity contribution in [3.63, 3.8) is 0 Å². The molecule has 1 aromatic carbocycles. The number of carbonyl (C=O) groups is 1. The van der Waals surface area contributed by atoms with Gasteiger partial charge in [-0.2, -0.15) is 0 Å². The molecular weight excluding hydrogens is 258 g/mol. The number of amides is 1. The van der Waals surface area contributed by atoms with Crippen LogP contribution in [-0.2, 0) is 11.2 Å². The Hall–Kier alpha value is -2.27. The van der Waals surface area contributed by atoms with Crippen molar-refractivity contribution in [2.75, 3.05) is 16.0 Å². The molecule has 0 fully saturated rings. The van der Waals surface area contributed by atoms with Crippen LogP contribution in [0, 0.1) is 0 Å². The molecular formula is C14H13N3OS. The third-order valence-corrected chi connectivity index (χ3v) is 3.61. The van der Waals surface area contributed by atoms with Crippen LogP contribution in [0.2, 0.25) is 0 Å². The van der Waals surface area contributed by atoms with Crippen molar-refractivity contribution < 1.29 is 4.79 Å². The molecule has 1 amide bonds. The summed E-state index contributed by atoms with van der Waals surface area (Å²) < 4.78 is 0. The lowest BCUT2D eigenvalue weighted by molar-refractivity contribution is -0.115. The molecule has 0 radical (unpaired) electrons. The minimum absolute atomic E-state index is 0.0442. The number of anilines is 3. The Bertz CT molecular complexity index is 634. The van der Waals surface area contributed by atoms with Crippen LogP contribution in [0.1, 0.15) is 5.56 Å². The summed E-state index contributed by atoms with van der Waals surface area (Å²) in [6, 6.07) is 9.76. The number of thiophene rings is 1. The summed E-state index contributed by atoms with van der Waals surface area (Å²) >= 11 is 1.62. The van der Waals surface area contributed by atoms with Crippen molar-refractivity contribution in [2.24, 2.45) is 0 Å². The second-order valence-electron chi connectivity index (χ2n) is 4.30. The van der Waals surface area contributed by atoms with E-state index in [9.17, 15) is 4.79 Å². The molecule has 0 unspecified atom stereocenters. The van der Waals surface area contributed by atoms with Gasteiger partial charge in [0.1, 0.15) is 5.82 Å². The normalized spacial score (nSPS) is 12.7. The Labute approximate surface area is 115 Å². The Morgan fingerprint density at radius 1 is 1.32 bits per heavy atom. The fourth-order valence-corrected chi connectivity index (χ4v) is 2.65. The minimum atomic E-state index is 0.0442. The highest BCUT2D eigenvalue weighted by Gasteiger charge is 2.17. The highest BCUT2D eigenvalue weighted by atomic mass is 32.1. The lowest BCUT2D eigenvalue weighted by Crippen LogP contribution is -2.07. The Balaban J connectivity index is 1.69. The van der Waals surface area contributed by atoms with Crippen molar-refractivity contribution in [1.82, 2.24) is 0 Å². The van der Waals surface area contributed by atoms with E-state index in [2.05, 4.69) is 22.5 Å². The molecule has 1 aliphatic heterocycles. The van der Waals surface area contributed by atoms with E-state index in [4.69, 9.17) is 0 Å². The molecule has 4 nitrogen and oxygen atoms in total. The maximum absolute atomic E-state index is 11.3. The first kappa shape index (κ1) is 11.8. The third kappa shape index (κ3) is 2.61. The topological polar surface area (TPSA) is 53.2 Å². The van der Waals surface area contributed by atoms with E-state index in [0.717, 1.165) is 21.9 Å². The van der Waals surface area contributed by atoms with Crippen LogP contribution in [0.5, 0.6) is 0 Å². The molecule has 2 aromatic rings. The van der Waals surface area contributed by atoms with E-state index >= 15 is 0 Å². The van der Waals surface area contributed by atoms with Crippen molar-refractivity contribution in [2.45, 2.75) is 6.42 Å². The van der Waals surface area contributed by atoms with Crippen LogP contribution in [0.15, 0.2) is 48.1 Å². The maximum atomic E-state index is 11.3. The first-order chi connectivity index (χ1) is 9.20. The summed E-state index contributed by atoms with van der Waals surface area (Å²) in [6.07, 6.45) is 0.440. The molecule has 3 rings (SSSR count). The number of nitrogens with one attached hydrogen (secondary N) is 3. The molecule has 0 aliphatic carbocycles. The Morgan fingerprint density at radius 2 is 2.21 bits per heavy atom. The summed E-state index contributed by atoms with van der Waals surface area (Å²) in [6.45, 7) is 3.94. The van der Waals surface area contributed by atoms with E-state index in [-0.39, 0.29) is 5.91 Å². The van der Waals surface area contributed by atoms with Gasteiger partial charge in [0.25, 0.3) is 0 Å². The Kier molecular flexibility index (Phi) is 2.97. The van der Waals surface area contributed by atoms with Crippen LogP contribution in [0.25, 0.3) is 0 Å². The molecule has 2 heterocycles. The van der Waals surface area contributed by atoms with Gasteiger partial charge in [0.05, 0.1) is 11.4 Å². The summed E-state index contributed by atoms with van der Waals surface area (Å²) in [7, 11) is 0. The van der Waals surface area contributed by atoms with Gasteiger partial charge in [-0.3, -0.25) is 4.79 Å². The zero-order chi connectivity index (χ0) is 13.2. The molecule has 3 N–H and O–H groups in total. The smallest absolute Gasteiger partial charge is 0.228 e. The predicted octanol–water partition coefficient (Wildman–Crippen LogP) is 3.24. The van der Waals surface area contributed by atoms with Crippen LogP contribution in [0.3, 0.4) is 0 Å². The quantitative estimate of drug-likeness (QED) is 0.800. The number of carbonyl (C=O) groups excluding carboxylic acids is 1. The number of hydrogen-bond acceptors (Lipinski definition) is 4. The van der Waals surface area contributed by atoms with Gasteiger partial charge in [0, 0.05) is 11.4 Å². The average molecular weight is 271 g/mol. The highest BCUT2D eigenvalue weighted by molar-refractivity contribution is 7.14. The van der Waals surface area contributed by atoms with Crippen molar-refractivity contribution in [1.29, 1.82) is 0 Å². The van der Waals surface area contributed by atoms with Crippen molar-refractivity contribution in [3.8, 4) is 0 Å². The number of benzene rings is 1. The lowest BCUT2D eigenvalue weighted by atomic mass is 10.1. The molecule has 1 aromatic heterocycles. The Morgan fingerprint density at radius 3 is 3.00 bits per heavy atom. The minimum Gasteiger partial charge on any atom is -0.342 e. The molecule has 0 bridgehead atoms. The second kappa shape index (κ2) is 4.78. The van der Waals surface area contributed by atoms with Gasteiger partial charge >= 0.3 is 0 Å². The molecule has 0 spiro atoms. The average Bonchev–Trinajstić information content (AvgIpc) is 2.96. The fourth-order valence-electron chi connectivity index (χ4n) is 2.01. The monoisotopic (exact) mass is 271 g/mol. The molecule has 5 heteroatoms. The largest absolute Gasteiger partial charge is 0.342 e. The van der Waals surface area contributed by atoms with E-state index in [0.29, 0.717) is 12.2 Å². The highest BCUT2D eigenvalue weighted by Crippen LogP contribution is 2.26.